The summed E-state index contributed by atoms with van der Waals surface area (Å²) in [6.07, 6.45) is 1.80. The third-order valence-electron chi connectivity index (χ3n) is 4.22. The maximum atomic E-state index is 12.1. The van der Waals surface area contributed by atoms with Crippen LogP contribution < -0.4 is 10.6 Å². The fraction of sp³-hybridized carbons (Fsp3) is 0.533. The largest absolute Gasteiger partial charge is 0.326 e. The highest BCUT2D eigenvalue weighted by molar-refractivity contribution is 7.91. The number of hydrogen-bond acceptors (Lipinski definition) is 4. The SMILES string of the molecule is O=C(CC1CCS(=O)(=O)C1)Nc1cccc2c1CCNC2. The Morgan fingerprint density at radius 3 is 3.00 bits per heavy atom. The topological polar surface area (TPSA) is 75.3 Å². The van der Waals surface area contributed by atoms with Gasteiger partial charge in [-0.2, -0.15) is 0 Å². The standard InChI is InChI=1S/C15H20N2O3S/c18-15(8-11-5-7-21(19,20)10-11)17-14-3-1-2-12-9-16-6-4-13(12)14/h1-3,11,16H,4-10H2,(H,17,18). The van der Waals surface area contributed by atoms with Gasteiger partial charge in [0.15, 0.2) is 9.84 Å². The highest BCUT2D eigenvalue weighted by Crippen LogP contribution is 2.25. The summed E-state index contributed by atoms with van der Waals surface area (Å²) in [5.41, 5.74) is 3.30. The third-order valence-corrected chi connectivity index (χ3v) is 6.05. The van der Waals surface area contributed by atoms with Gasteiger partial charge in [0.1, 0.15) is 0 Å². The first-order valence-corrected chi connectivity index (χ1v) is 9.17. The zero-order valence-electron chi connectivity index (χ0n) is 11.9. The fourth-order valence-electron chi connectivity index (χ4n) is 3.15. The summed E-state index contributed by atoms with van der Waals surface area (Å²) in [6.45, 7) is 1.75. The maximum Gasteiger partial charge on any atom is 0.224 e. The minimum Gasteiger partial charge on any atom is -0.326 e. The van der Waals surface area contributed by atoms with Crippen LogP contribution in [0, 0.1) is 5.92 Å². The average molecular weight is 308 g/mol. The molecule has 2 aliphatic heterocycles. The Kier molecular flexibility index (Phi) is 3.99. The molecule has 2 heterocycles. The number of nitrogens with one attached hydrogen (secondary N) is 2. The predicted octanol–water partition coefficient (Wildman–Crippen LogP) is 1.10. The van der Waals surface area contributed by atoms with Crippen molar-refractivity contribution in [1.82, 2.24) is 5.32 Å². The molecule has 2 N–H and O–H groups in total. The van der Waals surface area contributed by atoms with Crippen molar-refractivity contribution in [3.63, 3.8) is 0 Å². The molecule has 1 fully saturated rings. The van der Waals surface area contributed by atoms with Crippen molar-refractivity contribution < 1.29 is 13.2 Å². The van der Waals surface area contributed by atoms with Gasteiger partial charge in [-0.3, -0.25) is 4.79 Å². The molecule has 21 heavy (non-hydrogen) atoms. The van der Waals surface area contributed by atoms with E-state index < -0.39 is 9.84 Å². The summed E-state index contributed by atoms with van der Waals surface area (Å²) >= 11 is 0. The van der Waals surface area contributed by atoms with E-state index in [1.165, 1.54) is 11.1 Å². The summed E-state index contributed by atoms with van der Waals surface area (Å²) in [6, 6.07) is 5.94. The van der Waals surface area contributed by atoms with Gasteiger partial charge >= 0.3 is 0 Å². The lowest BCUT2D eigenvalue weighted by Crippen LogP contribution is -2.25. The second-order valence-electron chi connectivity index (χ2n) is 5.89. The maximum absolute atomic E-state index is 12.1. The summed E-state index contributed by atoms with van der Waals surface area (Å²) in [5, 5.41) is 6.27. The van der Waals surface area contributed by atoms with Crippen molar-refractivity contribution in [3.05, 3.63) is 29.3 Å². The van der Waals surface area contributed by atoms with Crippen LogP contribution >= 0.6 is 0 Å². The van der Waals surface area contributed by atoms with Gasteiger partial charge in [0.25, 0.3) is 0 Å². The number of rotatable bonds is 3. The van der Waals surface area contributed by atoms with Gasteiger partial charge in [-0.15, -0.1) is 0 Å². The zero-order valence-corrected chi connectivity index (χ0v) is 12.7. The van der Waals surface area contributed by atoms with Gasteiger partial charge in [0.05, 0.1) is 11.5 Å². The first kappa shape index (κ1) is 14.5. The lowest BCUT2D eigenvalue weighted by molar-refractivity contribution is -0.116. The van der Waals surface area contributed by atoms with E-state index in [9.17, 15) is 13.2 Å². The molecule has 2 aliphatic rings. The minimum atomic E-state index is -2.92. The molecule has 1 amide bonds. The van der Waals surface area contributed by atoms with Crippen LogP contribution in [0.1, 0.15) is 24.0 Å². The van der Waals surface area contributed by atoms with Crippen molar-refractivity contribution >= 4 is 21.4 Å². The van der Waals surface area contributed by atoms with Gasteiger partial charge < -0.3 is 10.6 Å². The number of fused-ring (bicyclic) bond motifs is 1. The predicted molar refractivity (Wildman–Crippen MR) is 81.9 cm³/mol. The molecule has 0 bridgehead atoms. The van der Waals surface area contributed by atoms with E-state index in [1.54, 1.807) is 0 Å². The average Bonchev–Trinajstić information content (AvgIpc) is 2.78. The number of carbonyl (C=O) groups excluding carboxylic acids is 1. The third kappa shape index (κ3) is 3.44. The van der Waals surface area contributed by atoms with Gasteiger partial charge in [-0.25, -0.2) is 8.42 Å². The molecular weight excluding hydrogens is 288 g/mol. The Balaban J connectivity index is 1.66. The molecule has 114 valence electrons. The first-order chi connectivity index (χ1) is 10.0. The second-order valence-corrected chi connectivity index (χ2v) is 8.12. The highest BCUT2D eigenvalue weighted by Gasteiger charge is 2.29. The summed E-state index contributed by atoms with van der Waals surface area (Å²) in [5.74, 6) is 0.259. The van der Waals surface area contributed by atoms with E-state index in [1.807, 2.05) is 12.1 Å². The molecule has 0 spiro atoms. The van der Waals surface area contributed by atoms with Crippen LogP contribution in [0.15, 0.2) is 18.2 Å². The molecule has 0 aromatic heterocycles. The minimum absolute atomic E-state index is 0.0313. The Bertz CT molecular complexity index is 655. The summed E-state index contributed by atoms with van der Waals surface area (Å²) < 4.78 is 22.9. The number of anilines is 1. The van der Waals surface area contributed by atoms with E-state index in [4.69, 9.17) is 0 Å². The van der Waals surface area contributed by atoms with Gasteiger partial charge in [-0.05, 0) is 42.5 Å². The van der Waals surface area contributed by atoms with E-state index in [2.05, 4.69) is 16.7 Å². The molecule has 0 radical (unpaired) electrons. The lowest BCUT2D eigenvalue weighted by atomic mass is 9.98. The normalized spacial score (nSPS) is 23.5. The molecule has 6 heteroatoms. The van der Waals surface area contributed by atoms with Crippen molar-refractivity contribution in [2.45, 2.75) is 25.8 Å². The van der Waals surface area contributed by atoms with Crippen LogP contribution in [-0.2, 0) is 27.6 Å². The Hall–Kier alpha value is -1.40. The van der Waals surface area contributed by atoms with E-state index >= 15 is 0 Å². The van der Waals surface area contributed by atoms with E-state index in [-0.39, 0.29) is 23.3 Å². The van der Waals surface area contributed by atoms with Crippen molar-refractivity contribution in [1.29, 1.82) is 0 Å². The van der Waals surface area contributed by atoms with Crippen LogP contribution in [0.2, 0.25) is 0 Å². The number of hydrogen-bond donors (Lipinski definition) is 2. The van der Waals surface area contributed by atoms with Gasteiger partial charge in [0, 0.05) is 18.7 Å². The van der Waals surface area contributed by atoms with Crippen LogP contribution in [0.5, 0.6) is 0 Å². The lowest BCUT2D eigenvalue weighted by Gasteiger charge is -2.21. The van der Waals surface area contributed by atoms with Crippen LogP contribution in [0.3, 0.4) is 0 Å². The molecule has 0 aliphatic carbocycles. The number of sulfone groups is 1. The Morgan fingerprint density at radius 2 is 2.24 bits per heavy atom. The first-order valence-electron chi connectivity index (χ1n) is 7.35. The van der Waals surface area contributed by atoms with E-state index in [0.29, 0.717) is 12.8 Å². The molecule has 3 rings (SSSR count). The summed E-state index contributed by atoms with van der Waals surface area (Å²) in [7, 11) is -2.92. The van der Waals surface area contributed by atoms with Crippen LogP contribution in [0.4, 0.5) is 5.69 Å². The fourth-order valence-corrected chi connectivity index (χ4v) is 5.01. The highest BCUT2D eigenvalue weighted by atomic mass is 32.2. The van der Waals surface area contributed by atoms with Crippen molar-refractivity contribution in [2.75, 3.05) is 23.4 Å². The molecule has 1 saturated heterocycles. The van der Waals surface area contributed by atoms with E-state index in [0.717, 1.165) is 25.2 Å². The molecule has 1 unspecified atom stereocenters. The second kappa shape index (κ2) is 5.77. The number of benzene rings is 1. The number of carbonyl (C=O) groups is 1. The quantitative estimate of drug-likeness (QED) is 0.877. The zero-order chi connectivity index (χ0) is 14.9. The number of amides is 1. The summed E-state index contributed by atoms with van der Waals surface area (Å²) in [4.78, 5) is 12.1. The molecular formula is C15H20N2O3S. The van der Waals surface area contributed by atoms with Crippen molar-refractivity contribution in [3.8, 4) is 0 Å². The molecule has 5 nitrogen and oxygen atoms in total. The van der Waals surface area contributed by atoms with Crippen LogP contribution in [0.25, 0.3) is 0 Å². The molecule has 1 atom stereocenters. The Morgan fingerprint density at radius 1 is 1.38 bits per heavy atom. The molecule has 1 aromatic rings. The monoisotopic (exact) mass is 308 g/mol. The van der Waals surface area contributed by atoms with Crippen molar-refractivity contribution in [2.24, 2.45) is 5.92 Å². The van der Waals surface area contributed by atoms with Crippen LogP contribution in [-0.4, -0.2) is 32.4 Å². The van der Waals surface area contributed by atoms with Gasteiger partial charge in [0.2, 0.25) is 5.91 Å². The Labute approximate surface area is 125 Å². The molecule has 1 aromatic carbocycles. The molecule has 0 saturated carbocycles. The van der Waals surface area contributed by atoms with Gasteiger partial charge in [-0.1, -0.05) is 12.1 Å². The smallest absolute Gasteiger partial charge is 0.224 e.